The van der Waals surface area contributed by atoms with E-state index in [1.54, 1.807) is 7.11 Å². The molecule has 1 aromatic rings. The maximum atomic E-state index is 5.50. The van der Waals surface area contributed by atoms with Crippen molar-refractivity contribution < 1.29 is 4.74 Å². The Morgan fingerprint density at radius 3 is 2.62 bits per heavy atom. The number of hydrogen-bond acceptors (Lipinski definition) is 1. The number of benzene rings is 1. The van der Waals surface area contributed by atoms with Gasteiger partial charge in [0.2, 0.25) is 0 Å². The Labute approximate surface area is 106 Å². The fourth-order valence-electron chi connectivity index (χ4n) is 2.84. The topological polar surface area (TPSA) is 9.23 Å². The summed E-state index contributed by atoms with van der Waals surface area (Å²) in [6.07, 6.45) is 2.50. The molecule has 2 heteroatoms. The van der Waals surface area contributed by atoms with Gasteiger partial charge in [0.25, 0.3) is 0 Å². The van der Waals surface area contributed by atoms with Crippen LogP contribution in [-0.2, 0) is 0 Å². The normalized spacial score (nSPS) is 24.1. The standard InChI is InChI=1S/C14H19BrO/c1-8-5-6-12(15)13-10(3)14(16-4)9(2)7-11(8)13/h7-8,12H,5-6H2,1-4H3. The smallest absolute Gasteiger partial charge is 0.125 e. The molecule has 0 heterocycles. The number of fused-ring (bicyclic) bond motifs is 1. The molecular formula is C14H19BrO. The van der Waals surface area contributed by atoms with Crippen molar-refractivity contribution in [3.05, 3.63) is 28.3 Å². The molecule has 0 spiro atoms. The molecule has 0 fully saturated rings. The molecule has 0 amide bonds. The van der Waals surface area contributed by atoms with Gasteiger partial charge in [0.05, 0.1) is 7.11 Å². The van der Waals surface area contributed by atoms with Crippen LogP contribution in [0.15, 0.2) is 6.07 Å². The molecule has 0 N–H and O–H groups in total. The molecule has 0 saturated heterocycles. The molecule has 1 nitrogen and oxygen atoms in total. The summed E-state index contributed by atoms with van der Waals surface area (Å²) < 4.78 is 5.50. The van der Waals surface area contributed by atoms with Gasteiger partial charge in [0, 0.05) is 4.83 Å². The fourth-order valence-corrected chi connectivity index (χ4v) is 3.72. The molecule has 0 aliphatic heterocycles. The Morgan fingerprint density at radius 2 is 2.00 bits per heavy atom. The van der Waals surface area contributed by atoms with Gasteiger partial charge in [-0.15, -0.1) is 0 Å². The van der Waals surface area contributed by atoms with Gasteiger partial charge in [0.15, 0.2) is 0 Å². The van der Waals surface area contributed by atoms with Gasteiger partial charge in [-0.25, -0.2) is 0 Å². The highest BCUT2D eigenvalue weighted by Gasteiger charge is 2.26. The van der Waals surface area contributed by atoms with Crippen LogP contribution in [0.4, 0.5) is 0 Å². The van der Waals surface area contributed by atoms with E-state index in [0.717, 1.165) is 5.75 Å². The average molecular weight is 283 g/mol. The first kappa shape index (κ1) is 12.0. The maximum Gasteiger partial charge on any atom is 0.125 e. The van der Waals surface area contributed by atoms with E-state index < -0.39 is 0 Å². The molecule has 2 rings (SSSR count). The summed E-state index contributed by atoms with van der Waals surface area (Å²) in [5.74, 6) is 1.73. The molecule has 2 atom stereocenters. The number of halogens is 1. The molecule has 1 aliphatic rings. The van der Waals surface area contributed by atoms with Crippen LogP contribution in [-0.4, -0.2) is 7.11 Å². The van der Waals surface area contributed by atoms with Gasteiger partial charge in [-0.2, -0.15) is 0 Å². The summed E-state index contributed by atoms with van der Waals surface area (Å²) in [4.78, 5) is 0.494. The highest BCUT2D eigenvalue weighted by Crippen LogP contribution is 2.46. The summed E-state index contributed by atoms with van der Waals surface area (Å²) in [5.41, 5.74) is 5.53. The summed E-state index contributed by atoms with van der Waals surface area (Å²) >= 11 is 3.80. The van der Waals surface area contributed by atoms with Crippen LogP contribution in [0.3, 0.4) is 0 Å². The van der Waals surface area contributed by atoms with Crippen LogP contribution in [0, 0.1) is 13.8 Å². The zero-order valence-electron chi connectivity index (χ0n) is 10.4. The summed E-state index contributed by atoms with van der Waals surface area (Å²) in [6.45, 7) is 6.64. The highest BCUT2D eigenvalue weighted by atomic mass is 79.9. The molecule has 1 aliphatic carbocycles. The second kappa shape index (κ2) is 4.40. The van der Waals surface area contributed by atoms with Crippen LogP contribution in [0.5, 0.6) is 5.75 Å². The number of ether oxygens (including phenoxy) is 1. The third-order valence-corrected chi connectivity index (χ3v) is 4.60. The molecular weight excluding hydrogens is 264 g/mol. The SMILES string of the molecule is COc1c(C)cc2c(c1C)C(Br)CCC2C. The molecule has 0 radical (unpaired) electrons. The van der Waals surface area contributed by atoms with Gasteiger partial charge < -0.3 is 4.74 Å². The van der Waals surface area contributed by atoms with E-state index in [4.69, 9.17) is 4.74 Å². The number of hydrogen-bond donors (Lipinski definition) is 0. The van der Waals surface area contributed by atoms with Crippen LogP contribution in [0.25, 0.3) is 0 Å². The van der Waals surface area contributed by atoms with E-state index in [9.17, 15) is 0 Å². The van der Waals surface area contributed by atoms with Gasteiger partial charge in [-0.3, -0.25) is 0 Å². The van der Waals surface area contributed by atoms with Crippen molar-refractivity contribution in [2.24, 2.45) is 0 Å². The van der Waals surface area contributed by atoms with E-state index in [0.29, 0.717) is 10.7 Å². The highest BCUT2D eigenvalue weighted by molar-refractivity contribution is 9.09. The number of alkyl halides is 1. The minimum absolute atomic E-state index is 0.494. The zero-order chi connectivity index (χ0) is 11.9. The lowest BCUT2D eigenvalue weighted by molar-refractivity contribution is 0.406. The van der Waals surface area contributed by atoms with Crippen LogP contribution in [0.1, 0.15) is 52.8 Å². The predicted molar refractivity (Wildman–Crippen MR) is 71.8 cm³/mol. The Kier molecular flexibility index (Phi) is 3.29. The summed E-state index contributed by atoms with van der Waals surface area (Å²) in [6, 6.07) is 2.30. The summed E-state index contributed by atoms with van der Waals surface area (Å²) in [5, 5.41) is 0. The Bertz CT molecular complexity index is 412. The van der Waals surface area contributed by atoms with Crippen LogP contribution in [0.2, 0.25) is 0 Å². The Hall–Kier alpha value is -0.500. The Balaban J connectivity index is 2.66. The maximum absolute atomic E-state index is 5.50. The molecule has 0 bridgehead atoms. The zero-order valence-corrected chi connectivity index (χ0v) is 12.0. The van der Waals surface area contributed by atoms with Gasteiger partial charge >= 0.3 is 0 Å². The lowest BCUT2D eigenvalue weighted by atomic mass is 9.80. The fraction of sp³-hybridized carbons (Fsp3) is 0.571. The lowest BCUT2D eigenvalue weighted by Gasteiger charge is -2.30. The van der Waals surface area contributed by atoms with Crippen molar-refractivity contribution in [3.63, 3.8) is 0 Å². The largest absolute Gasteiger partial charge is 0.496 e. The van der Waals surface area contributed by atoms with Crippen molar-refractivity contribution >= 4 is 15.9 Å². The molecule has 1 aromatic carbocycles. The molecule has 2 unspecified atom stereocenters. The monoisotopic (exact) mass is 282 g/mol. The third kappa shape index (κ3) is 1.77. The second-order valence-electron chi connectivity index (χ2n) is 4.80. The van der Waals surface area contributed by atoms with E-state index in [1.165, 1.54) is 35.1 Å². The van der Waals surface area contributed by atoms with Crippen molar-refractivity contribution in [2.75, 3.05) is 7.11 Å². The van der Waals surface area contributed by atoms with Crippen molar-refractivity contribution in [2.45, 2.75) is 44.4 Å². The van der Waals surface area contributed by atoms with Gasteiger partial charge in [-0.05, 0) is 54.9 Å². The number of aryl methyl sites for hydroxylation is 1. The Morgan fingerprint density at radius 1 is 1.31 bits per heavy atom. The quantitative estimate of drug-likeness (QED) is 0.682. The van der Waals surface area contributed by atoms with Crippen LogP contribution < -0.4 is 4.74 Å². The van der Waals surface area contributed by atoms with Gasteiger partial charge in [0.1, 0.15) is 5.75 Å². The van der Waals surface area contributed by atoms with Crippen molar-refractivity contribution in [1.29, 1.82) is 0 Å². The third-order valence-electron chi connectivity index (χ3n) is 3.69. The lowest BCUT2D eigenvalue weighted by Crippen LogP contribution is -2.12. The van der Waals surface area contributed by atoms with Crippen molar-refractivity contribution in [1.82, 2.24) is 0 Å². The minimum atomic E-state index is 0.494. The van der Waals surface area contributed by atoms with Crippen molar-refractivity contribution in [3.8, 4) is 5.75 Å². The number of methoxy groups -OCH3 is 1. The first-order valence-electron chi connectivity index (χ1n) is 5.88. The second-order valence-corrected chi connectivity index (χ2v) is 5.91. The number of rotatable bonds is 1. The molecule has 88 valence electrons. The molecule has 16 heavy (non-hydrogen) atoms. The van der Waals surface area contributed by atoms with E-state index in [-0.39, 0.29) is 0 Å². The van der Waals surface area contributed by atoms with E-state index >= 15 is 0 Å². The summed E-state index contributed by atoms with van der Waals surface area (Å²) in [7, 11) is 1.76. The first-order valence-corrected chi connectivity index (χ1v) is 6.79. The minimum Gasteiger partial charge on any atom is -0.496 e. The van der Waals surface area contributed by atoms with E-state index in [2.05, 4.69) is 42.8 Å². The molecule has 0 aromatic heterocycles. The van der Waals surface area contributed by atoms with E-state index in [1.807, 2.05) is 0 Å². The van der Waals surface area contributed by atoms with Crippen LogP contribution >= 0.6 is 15.9 Å². The molecule has 0 saturated carbocycles. The predicted octanol–water partition coefficient (Wildman–Crippen LogP) is 4.65. The average Bonchev–Trinajstić information content (AvgIpc) is 2.24. The van der Waals surface area contributed by atoms with Gasteiger partial charge in [-0.1, -0.05) is 28.9 Å². The first-order chi connectivity index (χ1) is 7.56.